The molecule has 200 valence electrons. The van der Waals surface area contributed by atoms with Gasteiger partial charge in [0, 0.05) is 56.7 Å². The maximum Gasteiger partial charge on any atom is 0.261 e. The summed E-state index contributed by atoms with van der Waals surface area (Å²) >= 11 is 0. The van der Waals surface area contributed by atoms with Crippen LogP contribution >= 0.6 is 0 Å². The van der Waals surface area contributed by atoms with Gasteiger partial charge < -0.3 is 4.90 Å². The van der Waals surface area contributed by atoms with E-state index in [2.05, 4.69) is 12.1 Å². The van der Waals surface area contributed by atoms with Gasteiger partial charge in [-0.15, -0.1) is 0 Å². The Morgan fingerprint density at radius 3 is 1.80 bits per heavy atom. The fourth-order valence-corrected chi connectivity index (χ4v) is 6.94. The van der Waals surface area contributed by atoms with Crippen LogP contribution < -0.4 is 0 Å². The largest absolute Gasteiger partial charge is 0.332 e. The van der Waals surface area contributed by atoms with Gasteiger partial charge in [0.1, 0.15) is 0 Å². The summed E-state index contributed by atoms with van der Waals surface area (Å²) < 4.78 is 0. The van der Waals surface area contributed by atoms with E-state index in [9.17, 15) is 24.9 Å². The van der Waals surface area contributed by atoms with E-state index in [4.69, 9.17) is 0 Å². The number of hydrogen-bond donors (Lipinski definition) is 0. The van der Waals surface area contributed by atoms with E-state index in [0.717, 1.165) is 28.1 Å². The molecule has 7 nitrogen and oxygen atoms in total. The number of nitriles is 2. The minimum Gasteiger partial charge on any atom is -0.332 e. The lowest BCUT2D eigenvalue weighted by atomic mass is 9.79. The third-order valence-electron chi connectivity index (χ3n) is 9.31. The number of hydrogen-bond acceptors (Lipinski definition) is 5. The maximum absolute atomic E-state index is 13.8. The second-order valence-electron chi connectivity index (χ2n) is 11.3. The van der Waals surface area contributed by atoms with E-state index < -0.39 is 5.91 Å². The molecule has 7 rings (SSSR count). The fraction of sp³-hybridized carbons (Fsp3) is 0.265. The van der Waals surface area contributed by atoms with Crippen LogP contribution in [0, 0.1) is 22.7 Å². The average Bonchev–Trinajstić information content (AvgIpc) is 2.99. The van der Waals surface area contributed by atoms with Gasteiger partial charge >= 0.3 is 0 Å². The van der Waals surface area contributed by atoms with E-state index in [1.807, 2.05) is 56.9 Å². The Bertz CT molecular complexity index is 2130. The molecule has 2 aliphatic heterocycles. The molecule has 0 spiro atoms. The Morgan fingerprint density at radius 1 is 0.683 bits per heavy atom. The first-order chi connectivity index (χ1) is 19.8. The van der Waals surface area contributed by atoms with Crippen molar-refractivity contribution in [2.45, 2.75) is 59.2 Å². The number of amides is 3. The summed E-state index contributed by atoms with van der Waals surface area (Å²) in [6.07, 6.45) is 1.42. The van der Waals surface area contributed by atoms with Gasteiger partial charge in [-0.1, -0.05) is 26.0 Å². The molecule has 41 heavy (non-hydrogen) atoms. The van der Waals surface area contributed by atoms with Crippen LogP contribution in [0.25, 0.3) is 43.1 Å². The molecule has 7 heteroatoms. The number of nitrogens with zero attached hydrogens (tertiary/aromatic N) is 4. The lowest BCUT2D eigenvalue weighted by Crippen LogP contribution is -2.45. The highest BCUT2D eigenvalue weighted by atomic mass is 16.2. The monoisotopic (exact) mass is 538 g/mol. The van der Waals surface area contributed by atoms with Crippen molar-refractivity contribution in [1.82, 2.24) is 9.80 Å². The summed E-state index contributed by atoms with van der Waals surface area (Å²) in [4.78, 5) is 44.3. The van der Waals surface area contributed by atoms with Crippen LogP contribution in [0.2, 0.25) is 0 Å². The molecular formula is C34H26N4O3. The molecule has 0 N–H and O–H groups in total. The lowest BCUT2D eigenvalue weighted by molar-refractivity contribution is 0.0547. The Hall–Kier alpha value is -5.01. The molecule has 0 aliphatic carbocycles. The molecule has 0 saturated heterocycles. The van der Waals surface area contributed by atoms with Gasteiger partial charge in [-0.2, -0.15) is 10.5 Å². The highest BCUT2D eigenvalue weighted by Crippen LogP contribution is 2.48. The van der Waals surface area contributed by atoms with Crippen LogP contribution in [0.3, 0.4) is 0 Å². The number of carbonyl (C=O) groups is 3. The van der Waals surface area contributed by atoms with Crippen LogP contribution in [0.1, 0.15) is 88.3 Å². The van der Waals surface area contributed by atoms with Gasteiger partial charge in [-0.05, 0) is 72.7 Å². The molecule has 3 amide bonds. The molecule has 2 atom stereocenters. The summed E-state index contributed by atoms with van der Waals surface area (Å²) in [6, 6.07) is 15.2. The average molecular weight is 539 g/mol. The topological polar surface area (TPSA) is 105 Å². The summed E-state index contributed by atoms with van der Waals surface area (Å²) in [7, 11) is 0. The first kappa shape index (κ1) is 25.0. The van der Waals surface area contributed by atoms with E-state index in [1.165, 1.54) is 4.90 Å². The summed E-state index contributed by atoms with van der Waals surface area (Å²) in [5, 5.41) is 26.2. The van der Waals surface area contributed by atoms with Crippen LogP contribution in [-0.2, 0) is 6.54 Å². The van der Waals surface area contributed by atoms with Gasteiger partial charge in [0.05, 0.1) is 28.8 Å². The predicted octanol–water partition coefficient (Wildman–Crippen LogP) is 6.63. The second kappa shape index (κ2) is 8.49. The van der Waals surface area contributed by atoms with Gasteiger partial charge in [-0.3, -0.25) is 19.3 Å². The molecule has 0 fully saturated rings. The highest BCUT2D eigenvalue weighted by molar-refractivity contribution is 6.40. The van der Waals surface area contributed by atoms with Crippen molar-refractivity contribution >= 4 is 60.8 Å². The Labute approximate surface area is 236 Å². The van der Waals surface area contributed by atoms with Crippen molar-refractivity contribution in [3.05, 3.63) is 69.8 Å². The molecule has 2 unspecified atom stereocenters. The van der Waals surface area contributed by atoms with Crippen LogP contribution in [0.4, 0.5) is 0 Å². The molecule has 5 aromatic rings. The summed E-state index contributed by atoms with van der Waals surface area (Å²) in [5.41, 5.74) is 3.01. The molecular weight excluding hydrogens is 512 g/mol. The van der Waals surface area contributed by atoms with Gasteiger partial charge in [-0.25, -0.2) is 0 Å². The molecule has 0 saturated carbocycles. The molecule has 2 aliphatic rings. The SMILES string of the molecule is CCC(C)N1Cc2cc(C#N)c3c4ccc5c6c(cc(C#N)c(c7ccc(c2c73)C1=O)c64)C(=O)N(C(C)CC)C5=O. The van der Waals surface area contributed by atoms with E-state index >= 15 is 0 Å². The Balaban J connectivity index is 1.69. The zero-order valence-corrected chi connectivity index (χ0v) is 23.3. The molecule has 0 radical (unpaired) electrons. The number of benzene rings is 5. The Kier molecular flexibility index (Phi) is 5.18. The molecule has 5 aromatic carbocycles. The van der Waals surface area contributed by atoms with Crippen molar-refractivity contribution < 1.29 is 14.4 Å². The van der Waals surface area contributed by atoms with Gasteiger partial charge in [0.15, 0.2) is 0 Å². The van der Waals surface area contributed by atoms with Crippen molar-refractivity contribution in [2.75, 3.05) is 0 Å². The number of carbonyl (C=O) groups excluding carboxylic acids is 3. The minimum absolute atomic E-state index is 0.0376. The van der Waals surface area contributed by atoms with Crippen molar-refractivity contribution in [1.29, 1.82) is 10.5 Å². The van der Waals surface area contributed by atoms with Crippen LogP contribution in [-0.4, -0.2) is 39.6 Å². The third kappa shape index (κ3) is 2.98. The number of rotatable bonds is 4. The quantitative estimate of drug-likeness (QED) is 0.145. The molecule has 0 aromatic heterocycles. The maximum atomic E-state index is 13.8. The Morgan fingerprint density at radius 2 is 1.22 bits per heavy atom. The predicted molar refractivity (Wildman–Crippen MR) is 157 cm³/mol. The first-order valence-electron chi connectivity index (χ1n) is 14.0. The van der Waals surface area contributed by atoms with Crippen molar-refractivity contribution in [3.63, 3.8) is 0 Å². The zero-order valence-electron chi connectivity index (χ0n) is 23.3. The van der Waals surface area contributed by atoms with Crippen LogP contribution in [0.5, 0.6) is 0 Å². The second-order valence-corrected chi connectivity index (χ2v) is 11.3. The van der Waals surface area contributed by atoms with Gasteiger partial charge in [0.25, 0.3) is 17.7 Å². The number of imide groups is 1. The van der Waals surface area contributed by atoms with E-state index in [-0.39, 0.29) is 23.9 Å². The smallest absolute Gasteiger partial charge is 0.261 e. The zero-order chi connectivity index (χ0) is 28.9. The van der Waals surface area contributed by atoms with Crippen molar-refractivity contribution in [3.8, 4) is 12.1 Å². The first-order valence-corrected chi connectivity index (χ1v) is 14.0. The normalized spacial score (nSPS) is 16.2. The third-order valence-corrected chi connectivity index (χ3v) is 9.31. The fourth-order valence-electron chi connectivity index (χ4n) is 6.94. The summed E-state index contributed by atoms with van der Waals surface area (Å²) in [5.74, 6) is -0.817. The molecule has 2 heterocycles. The van der Waals surface area contributed by atoms with Crippen molar-refractivity contribution in [2.24, 2.45) is 0 Å². The standard InChI is InChI=1S/C34H26N4O3/c1-5-16(3)37-15-20-11-18(13-35)26-22-8-10-24-29-25(34(41)38(33(24)40)17(4)6-2)12-19(14-36)27(31(22)29)21-7-9-23(32(37)39)28(20)30(21)26/h7-12,16-17H,5-6,15H2,1-4H3. The van der Waals surface area contributed by atoms with E-state index in [1.54, 1.807) is 12.1 Å². The van der Waals surface area contributed by atoms with Crippen LogP contribution in [0.15, 0.2) is 36.4 Å². The summed E-state index contributed by atoms with van der Waals surface area (Å²) in [6.45, 7) is 8.23. The lowest BCUT2D eigenvalue weighted by Gasteiger charge is -2.35. The minimum atomic E-state index is -0.413. The highest BCUT2D eigenvalue weighted by Gasteiger charge is 2.38. The number of fused-ring (bicyclic) bond motifs is 2. The van der Waals surface area contributed by atoms with E-state index in [0.29, 0.717) is 67.7 Å². The molecule has 0 bridgehead atoms. The van der Waals surface area contributed by atoms with Gasteiger partial charge in [0.2, 0.25) is 0 Å².